The molecule has 0 bridgehead atoms. The highest BCUT2D eigenvalue weighted by Gasteiger charge is 2.25. The van der Waals surface area contributed by atoms with Gasteiger partial charge >= 0.3 is 0 Å². The van der Waals surface area contributed by atoms with Crippen molar-refractivity contribution in [3.05, 3.63) is 0 Å². The molecule has 1 aliphatic heterocycles. The van der Waals surface area contributed by atoms with Gasteiger partial charge in [0.2, 0.25) is 5.91 Å². The summed E-state index contributed by atoms with van der Waals surface area (Å²) in [6.45, 7) is 24.2. The summed E-state index contributed by atoms with van der Waals surface area (Å²) < 4.78 is 4.92. The van der Waals surface area contributed by atoms with Gasteiger partial charge in [-0.15, -0.1) is 0 Å². The molecule has 430 valence electrons. The Balaban J connectivity index is 0.00000506. The topological polar surface area (TPSA) is 56.3 Å². The highest BCUT2D eigenvalue weighted by atomic mass is 16.5. The van der Waals surface area contributed by atoms with Gasteiger partial charge in [0.1, 0.15) is 6.29 Å². The van der Waals surface area contributed by atoms with Crippen LogP contribution in [-0.4, -0.2) is 118 Å². The standard InChI is InChI=1S/C57H114N4O2.C8H18O/c1-5-9-13-17-21-22-23-24-25-28-31-35-44-58(45-38-33-34-40-54-62)49-41-56-42-50-61(51-43-56)57(63)55-60(48-39-32-27-19-15-11-7-3)53-52-59(46-36-29-20-16-12-8-4)47-37-30-26-18-14-10-6-2;1-3-4-5-6-7-8-9-2/h54,56H,5-53,55H2,1-4H3;3-8H2,1-2H3. The van der Waals surface area contributed by atoms with E-state index >= 15 is 0 Å². The number of methoxy groups -OCH3 is 1. The molecule has 1 aliphatic rings. The molecule has 0 aromatic heterocycles. The quantitative estimate of drug-likeness (QED) is 0.0447. The summed E-state index contributed by atoms with van der Waals surface area (Å²) in [5, 5.41) is 0. The molecule has 72 heavy (non-hydrogen) atoms. The first-order chi connectivity index (χ1) is 35.5. The van der Waals surface area contributed by atoms with E-state index in [1.165, 1.54) is 302 Å². The van der Waals surface area contributed by atoms with Gasteiger partial charge in [-0.25, -0.2) is 0 Å². The van der Waals surface area contributed by atoms with E-state index < -0.39 is 0 Å². The molecule has 1 amide bonds. The molecule has 0 aromatic rings. The molecule has 1 fully saturated rings. The van der Waals surface area contributed by atoms with Crippen molar-refractivity contribution in [1.29, 1.82) is 0 Å². The second-order valence-corrected chi connectivity index (χ2v) is 22.9. The summed E-state index contributed by atoms with van der Waals surface area (Å²) in [5.41, 5.74) is 0. The number of nitrogens with zero attached hydrogens (tertiary/aromatic N) is 4. The van der Waals surface area contributed by atoms with E-state index in [4.69, 9.17) is 4.74 Å². The van der Waals surface area contributed by atoms with Crippen LogP contribution in [-0.2, 0) is 14.3 Å². The molecule has 0 saturated carbocycles. The van der Waals surface area contributed by atoms with Crippen LogP contribution in [0.3, 0.4) is 0 Å². The van der Waals surface area contributed by atoms with Crippen LogP contribution in [0.5, 0.6) is 0 Å². The third kappa shape index (κ3) is 49.8. The maximum absolute atomic E-state index is 14.0. The van der Waals surface area contributed by atoms with Crippen LogP contribution in [0.4, 0.5) is 0 Å². The molecule has 1 heterocycles. The highest BCUT2D eigenvalue weighted by molar-refractivity contribution is 5.78. The summed E-state index contributed by atoms with van der Waals surface area (Å²) in [4.78, 5) is 35.2. The van der Waals surface area contributed by atoms with Gasteiger partial charge in [-0.2, -0.15) is 0 Å². The van der Waals surface area contributed by atoms with E-state index in [9.17, 15) is 9.59 Å². The first-order valence-corrected chi connectivity index (χ1v) is 32.9. The maximum Gasteiger partial charge on any atom is 0.236 e. The van der Waals surface area contributed by atoms with Crippen LogP contribution in [0.15, 0.2) is 0 Å². The van der Waals surface area contributed by atoms with Crippen LogP contribution >= 0.6 is 0 Å². The number of rotatable bonds is 56. The number of aldehydes is 1. The Labute approximate surface area is 453 Å². The van der Waals surface area contributed by atoms with Crippen LogP contribution in [0.25, 0.3) is 0 Å². The van der Waals surface area contributed by atoms with Crippen LogP contribution in [0, 0.1) is 5.92 Å². The Kier molecular flexibility index (Phi) is 58.4. The number of carbonyl (C=O) groups excluding carboxylic acids is 2. The summed E-state index contributed by atoms with van der Waals surface area (Å²) in [5.74, 6) is 1.12. The fourth-order valence-electron chi connectivity index (χ4n) is 10.8. The van der Waals surface area contributed by atoms with Gasteiger partial charge < -0.3 is 24.2 Å². The largest absolute Gasteiger partial charge is 0.385 e. The number of hydrogen-bond donors (Lipinski definition) is 0. The van der Waals surface area contributed by atoms with E-state index in [1.807, 2.05) is 0 Å². The molecular formula is C65H132N4O3. The van der Waals surface area contributed by atoms with Gasteiger partial charge in [0.25, 0.3) is 0 Å². The number of carbonyl (C=O) groups is 2. The van der Waals surface area contributed by atoms with Gasteiger partial charge in [0.05, 0.1) is 6.54 Å². The molecule has 0 atom stereocenters. The van der Waals surface area contributed by atoms with Gasteiger partial charge in [-0.1, -0.05) is 247 Å². The van der Waals surface area contributed by atoms with E-state index in [-0.39, 0.29) is 0 Å². The van der Waals surface area contributed by atoms with Crippen LogP contribution < -0.4 is 0 Å². The molecule has 1 saturated heterocycles. The number of likely N-dealkylation sites (tertiary alicyclic amines) is 1. The third-order valence-corrected chi connectivity index (χ3v) is 16.0. The summed E-state index contributed by atoms with van der Waals surface area (Å²) >= 11 is 0. The van der Waals surface area contributed by atoms with E-state index in [0.717, 1.165) is 58.0 Å². The first-order valence-electron chi connectivity index (χ1n) is 32.9. The van der Waals surface area contributed by atoms with Gasteiger partial charge in [0, 0.05) is 46.3 Å². The monoisotopic (exact) mass is 1020 g/mol. The Morgan fingerprint density at radius 3 is 1.07 bits per heavy atom. The lowest BCUT2D eigenvalue weighted by molar-refractivity contribution is -0.134. The molecule has 1 rings (SSSR count). The molecule has 7 heteroatoms. The Hall–Kier alpha value is -1.02. The zero-order valence-electron chi connectivity index (χ0n) is 50.3. The fourth-order valence-corrected chi connectivity index (χ4v) is 10.8. The number of ether oxygens (including phenoxy) is 1. The molecular weight excluding hydrogens is 885 g/mol. The van der Waals surface area contributed by atoms with Crippen molar-refractivity contribution in [2.24, 2.45) is 5.92 Å². The number of hydrogen-bond acceptors (Lipinski definition) is 6. The van der Waals surface area contributed by atoms with E-state index in [0.29, 0.717) is 18.9 Å². The minimum Gasteiger partial charge on any atom is -0.385 e. The van der Waals surface area contributed by atoms with Crippen molar-refractivity contribution < 1.29 is 14.3 Å². The highest BCUT2D eigenvalue weighted by Crippen LogP contribution is 2.22. The normalized spacial score (nSPS) is 13.2. The molecule has 7 nitrogen and oxygen atoms in total. The molecule has 0 aliphatic carbocycles. The summed E-state index contributed by atoms with van der Waals surface area (Å²) in [6.07, 6.45) is 59.3. The average Bonchev–Trinajstić information content (AvgIpc) is 3.39. The van der Waals surface area contributed by atoms with Gasteiger partial charge in [-0.3, -0.25) is 9.69 Å². The Morgan fingerprint density at radius 2 is 0.708 bits per heavy atom. The fraction of sp³-hybridized carbons (Fsp3) is 0.969. The van der Waals surface area contributed by atoms with Crippen molar-refractivity contribution in [3.63, 3.8) is 0 Å². The second kappa shape index (κ2) is 59.2. The molecule has 0 radical (unpaired) electrons. The molecule has 0 spiro atoms. The van der Waals surface area contributed by atoms with Crippen molar-refractivity contribution in [1.82, 2.24) is 19.6 Å². The van der Waals surface area contributed by atoms with E-state index in [2.05, 4.69) is 54.2 Å². The second-order valence-electron chi connectivity index (χ2n) is 22.9. The van der Waals surface area contributed by atoms with Gasteiger partial charge in [-0.05, 0) is 109 Å². The molecule has 0 N–H and O–H groups in total. The summed E-state index contributed by atoms with van der Waals surface area (Å²) in [6, 6.07) is 0. The SMILES string of the molecule is CCCCCCCCCCCCCCN(CCCCCC=O)CCC1CCN(C(=O)CN(CCCCCCCCC)CCN(CCCCCCCC)CCCCCCCCC)CC1.CCCCCCCOC. The third-order valence-electron chi connectivity index (χ3n) is 16.0. The smallest absolute Gasteiger partial charge is 0.236 e. The number of amides is 1. The predicted molar refractivity (Wildman–Crippen MR) is 319 cm³/mol. The molecule has 0 aromatic carbocycles. The number of unbranched alkanes of at least 4 members (excludes halogenated alkanes) is 35. The molecule has 0 unspecified atom stereocenters. The summed E-state index contributed by atoms with van der Waals surface area (Å²) in [7, 11) is 1.76. The minimum atomic E-state index is 0.384. The Bertz CT molecular complexity index is 1050. The van der Waals surface area contributed by atoms with Gasteiger partial charge in [0.15, 0.2) is 0 Å². The predicted octanol–water partition coefficient (Wildman–Crippen LogP) is 18.4. The number of piperidine rings is 1. The zero-order valence-corrected chi connectivity index (χ0v) is 50.3. The minimum absolute atomic E-state index is 0.384. The Morgan fingerprint density at radius 1 is 0.403 bits per heavy atom. The van der Waals surface area contributed by atoms with Crippen molar-refractivity contribution in [2.45, 2.75) is 317 Å². The van der Waals surface area contributed by atoms with Crippen molar-refractivity contribution in [2.75, 3.05) is 85.7 Å². The lowest BCUT2D eigenvalue weighted by Gasteiger charge is -2.35. The van der Waals surface area contributed by atoms with Crippen LogP contribution in [0.1, 0.15) is 317 Å². The lowest BCUT2D eigenvalue weighted by Crippen LogP contribution is -2.46. The van der Waals surface area contributed by atoms with Crippen molar-refractivity contribution >= 4 is 12.2 Å². The zero-order chi connectivity index (χ0) is 52.5. The first kappa shape index (κ1) is 71.0. The van der Waals surface area contributed by atoms with E-state index in [1.54, 1.807) is 7.11 Å². The van der Waals surface area contributed by atoms with Crippen LogP contribution in [0.2, 0.25) is 0 Å². The maximum atomic E-state index is 14.0. The average molecular weight is 1020 g/mol. The van der Waals surface area contributed by atoms with Crippen molar-refractivity contribution in [3.8, 4) is 0 Å². The lowest BCUT2D eigenvalue weighted by atomic mass is 9.93.